The minimum atomic E-state index is -0.387. The zero-order chi connectivity index (χ0) is 23.4. The van der Waals surface area contributed by atoms with Crippen LogP contribution in [0.2, 0.25) is 0 Å². The average molecular weight is 442 g/mol. The summed E-state index contributed by atoms with van der Waals surface area (Å²) in [6, 6.07) is 25.4. The highest BCUT2D eigenvalue weighted by Gasteiger charge is 2.39. The van der Waals surface area contributed by atoms with Gasteiger partial charge in [0.15, 0.2) is 0 Å². The second-order valence-electron chi connectivity index (χ2n) is 8.17. The van der Waals surface area contributed by atoms with E-state index in [1.54, 1.807) is 17.1 Å². The maximum Gasteiger partial charge on any atom is 0.337 e. The summed E-state index contributed by atoms with van der Waals surface area (Å²) in [5, 5.41) is 6.32. The van der Waals surface area contributed by atoms with E-state index in [1.165, 1.54) is 7.11 Å². The van der Waals surface area contributed by atoms with Crippen molar-refractivity contribution < 1.29 is 14.3 Å². The van der Waals surface area contributed by atoms with E-state index in [0.29, 0.717) is 17.8 Å². The minimum Gasteiger partial charge on any atom is -0.465 e. The zero-order valence-electron chi connectivity index (χ0n) is 19.1. The smallest absolute Gasteiger partial charge is 0.337 e. The van der Waals surface area contributed by atoms with Crippen LogP contribution in [0.3, 0.4) is 0 Å². The van der Waals surface area contributed by atoms with Gasteiger partial charge in [-0.2, -0.15) is 5.10 Å². The van der Waals surface area contributed by atoms with Crippen molar-refractivity contribution in [3.8, 4) is 0 Å². The number of hydrazone groups is 1. The number of carbonyl (C=O) groups excluding carboxylic acids is 2. The third kappa shape index (κ3) is 5.02. The Morgan fingerprint density at radius 1 is 0.970 bits per heavy atom. The molecule has 6 heteroatoms. The number of hydrogen-bond donors (Lipinski definition) is 0. The molecule has 33 heavy (non-hydrogen) atoms. The fourth-order valence-corrected chi connectivity index (χ4v) is 3.97. The van der Waals surface area contributed by atoms with Gasteiger partial charge >= 0.3 is 5.97 Å². The van der Waals surface area contributed by atoms with E-state index in [9.17, 15) is 9.59 Å². The highest BCUT2D eigenvalue weighted by atomic mass is 16.5. The van der Waals surface area contributed by atoms with Crippen molar-refractivity contribution in [3.63, 3.8) is 0 Å². The third-order valence-electron chi connectivity index (χ3n) is 5.76. The molecule has 3 aromatic rings. The molecule has 1 saturated heterocycles. The van der Waals surface area contributed by atoms with Gasteiger partial charge in [-0.25, -0.2) is 9.80 Å². The number of esters is 1. The molecule has 1 fully saturated rings. The molecule has 1 atom stereocenters. The molecule has 0 unspecified atom stereocenters. The van der Waals surface area contributed by atoms with E-state index in [0.717, 1.165) is 22.3 Å². The van der Waals surface area contributed by atoms with Crippen LogP contribution in [0.1, 0.15) is 45.7 Å². The summed E-state index contributed by atoms with van der Waals surface area (Å²) in [6.45, 7) is 4.84. The van der Waals surface area contributed by atoms with Crippen molar-refractivity contribution in [3.05, 3.63) is 107 Å². The van der Waals surface area contributed by atoms with Gasteiger partial charge in [0.1, 0.15) is 6.17 Å². The summed E-state index contributed by atoms with van der Waals surface area (Å²) in [5.41, 5.74) is 5.31. The SMILES string of the molecule is COC(=O)c1ccc(/C(C)=N\N2C(=O)CN(Cc3ccccc3)[C@@H]2c2ccc(C)cc2)cc1. The zero-order valence-corrected chi connectivity index (χ0v) is 19.1. The number of hydrogen-bond acceptors (Lipinski definition) is 5. The molecule has 0 bridgehead atoms. The second kappa shape index (κ2) is 9.79. The molecule has 0 aliphatic carbocycles. The van der Waals surface area contributed by atoms with Crippen LogP contribution < -0.4 is 0 Å². The van der Waals surface area contributed by atoms with Crippen molar-refractivity contribution in [2.24, 2.45) is 5.10 Å². The Hall–Kier alpha value is -3.77. The first kappa shape index (κ1) is 22.4. The Balaban J connectivity index is 1.66. The number of aryl methyl sites for hydroxylation is 1. The number of benzene rings is 3. The number of amides is 1. The van der Waals surface area contributed by atoms with E-state index < -0.39 is 0 Å². The maximum absolute atomic E-state index is 13.1. The molecule has 1 heterocycles. The summed E-state index contributed by atoms with van der Waals surface area (Å²) in [5.74, 6) is -0.441. The summed E-state index contributed by atoms with van der Waals surface area (Å²) in [6.07, 6.45) is -0.303. The fraction of sp³-hybridized carbons (Fsp3) is 0.222. The lowest BCUT2D eigenvalue weighted by molar-refractivity contribution is -0.128. The van der Waals surface area contributed by atoms with Gasteiger partial charge < -0.3 is 4.74 Å². The van der Waals surface area contributed by atoms with Crippen LogP contribution in [0.15, 0.2) is 84.0 Å². The first-order valence-corrected chi connectivity index (χ1v) is 10.9. The van der Waals surface area contributed by atoms with E-state index in [2.05, 4.69) is 41.3 Å². The lowest BCUT2D eigenvalue weighted by Gasteiger charge is -2.28. The monoisotopic (exact) mass is 441 g/mol. The highest BCUT2D eigenvalue weighted by Crippen LogP contribution is 2.33. The summed E-state index contributed by atoms with van der Waals surface area (Å²) >= 11 is 0. The fourth-order valence-electron chi connectivity index (χ4n) is 3.97. The summed E-state index contributed by atoms with van der Waals surface area (Å²) in [4.78, 5) is 26.9. The lowest BCUT2D eigenvalue weighted by Crippen LogP contribution is -2.29. The number of methoxy groups -OCH3 is 1. The number of ether oxygens (including phenoxy) is 1. The van der Waals surface area contributed by atoms with Crippen molar-refractivity contribution in [1.82, 2.24) is 9.91 Å². The van der Waals surface area contributed by atoms with E-state index in [-0.39, 0.29) is 24.6 Å². The molecule has 168 valence electrons. The lowest BCUT2D eigenvalue weighted by atomic mass is 10.1. The van der Waals surface area contributed by atoms with Crippen molar-refractivity contribution >= 4 is 17.6 Å². The summed E-state index contributed by atoms with van der Waals surface area (Å²) in [7, 11) is 1.36. The Morgan fingerprint density at radius 2 is 1.61 bits per heavy atom. The van der Waals surface area contributed by atoms with Gasteiger partial charge in [-0.3, -0.25) is 9.69 Å². The summed E-state index contributed by atoms with van der Waals surface area (Å²) < 4.78 is 4.76. The Bertz CT molecular complexity index is 1160. The first-order chi connectivity index (χ1) is 16.0. The number of carbonyl (C=O) groups is 2. The predicted molar refractivity (Wildman–Crippen MR) is 128 cm³/mol. The molecular formula is C27H27N3O3. The van der Waals surface area contributed by atoms with Gasteiger partial charge in [0, 0.05) is 6.54 Å². The molecule has 0 saturated carbocycles. The molecule has 1 amide bonds. The molecule has 6 nitrogen and oxygen atoms in total. The quantitative estimate of drug-likeness (QED) is 0.416. The van der Waals surface area contributed by atoms with Gasteiger partial charge in [-0.15, -0.1) is 0 Å². The normalized spacial score (nSPS) is 16.8. The molecule has 1 aliphatic heterocycles. The van der Waals surface area contributed by atoms with Gasteiger partial charge in [-0.1, -0.05) is 72.3 Å². The Labute approximate surface area is 194 Å². The topological polar surface area (TPSA) is 62.2 Å². The van der Waals surface area contributed by atoms with E-state index in [4.69, 9.17) is 9.84 Å². The molecule has 0 radical (unpaired) electrons. The molecular weight excluding hydrogens is 414 g/mol. The van der Waals surface area contributed by atoms with Crippen LogP contribution in [-0.4, -0.2) is 41.2 Å². The number of nitrogens with zero attached hydrogens (tertiary/aromatic N) is 3. The van der Waals surface area contributed by atoms with Crippen molar-refractivity contribution in [2.45, 2.75) is 26.6 Å². The van der Waals surface area contributed by atoms with Crippen LogP contribution in [0.25, 0.3) is 0 Å². The third-order valence-corrected chi connectivity index (χ3v) is 5.76. The van der Waals surface area contributed by atoms with E-state index in [1.807, 2.05) is 44.2 Å². The Kier molecular flexibility index (Phi) is 6.66. The molecule has 0 aromatic heterocycles. The number of rotatable bonds is 6. The van der Waals surface area contributed by atoms with Gasteiger partial charge in [0.05, 0.1) is 24.9 Å². The first-order valence-electron chi connectivity index (χ1n) is 10.9. The highest BCUT2D eigenvalue weighted by molar-refractivity contribution is 6.00. The minimum absolute atomic E-state index is 0.0537. The van der Waals surface area contributed by atoms with Gasteiger partial charge in [0.2, 0.25) is 0 Å². The van der Waals surface area contributed by atoms with E-state index >= 15 is 0 Å². The molecule has 1 aliphatic rings. The standard InChI is InChI=1S/C27H27N3O3/c1-19-9-11-23(12-10-19)26-29(17-21-7-5-4-6-8-21)18-25(31)30(26)28-20(2)22-13-15-24(16-14-22)27(32)33-3/h4-16,26H,17-18H2,1-3H3/b28-20-/t26-/m0/s1. The maximum atomic E-state index is 13.1. The predicted octanol–water partition coefficient (Wildman–Crippen LogP) is 4.55. The molecule has 0 spiro atoms. The van der Waals surface area contributed by atoms with Crippen LogP contribution in [0, 0.1) is 6.92 Å². The average Bonchev–Trinajstić information content (AvgIpc) is 3.14. The van der Waals surface area contributed by atoms with Crippen LogP contribution in [-0.2, 0) is 16.1 Å². The van der Waals surface area contributed by atoms with Crippen LogP contribution >= 0.6 is 0 Å². The largest absolute Gasteiger partial charge is 0.465 e. The Morgan fingerprint density at radius 3 is 2.24 bits per heavy atom. The second-order valence-corrected chi connectivity index (χ2v) is 8.17. The van der Waals surface area contributed by atoms with Crippen LogP contribution in [0.4, 0.5) is 0 Å². The van der Waals surface area contributed by atoms with Gasteiger partial charge in [-0.05, 0) is 42.7 Å². The van der Waals surface area contributed by atoms with Gasteiger partial charge in [0.25, 0.3) is 5.91 Å². The molecule has 0 N–H and O–H groups in total. The molecule has 3 aromatic carbocycles. The van der Waals surface area contributed by atoms with Crippen LogP contribution in [0.5, 0.6) is 0 Å². The van der Waals surface area contributed by atoms with Crippen molar-refractivity contribution in [2.75, 3.05) is 13.7 Å². The molecule has 4 rings (SSSR count). The van der Waals surface area contributed by atoms with Crippen molar-refractivity contribution in [1.29, 1.82) is 0 Å².